The van der Waals surface area contributed by atoms with Gasteiger partial charge < -0.3 is 30.7 Å². The van der Waals surface area contributed by atoms with E-state index in [1.807, 2.05) is 84.9 Å². The van der Waals surface area contributed by atoms with Crippen LogP contribution in [0.2, 0.25) is 5.02 Å². The van der Waals surface area contributed by atoms with Crippen molar-refractivity contribution in [2.24, 2.45) is 0 Å². The Morgan fingerprint density at radius 3 is 1.31 bits per heavy atom. The zero-order valence-corrected chi connectivity index (χ0v) is 44.8. The van der Waals surface area contributed by atoms with E-state index >= 15 is 0 Å². The number of alkyl halides is 3. The minimum Gasteiger partial charge on any atom is -0.365 e. The Kier molecular flexibility index (Phi) is 17.6. The number of nitrogens with one attached hydrogen (secondary N) is 3. The molecule has 12 nitrogen and oxygen atoms in total. The molecule has 9 aromatic rings. The summed E-state index contributed by atoms with van der Waals surface area (Å²) in [6.45, 7) is 9.24. The van der Waals surface area contributed by atoms with Crippen molar-refractivity contribution in [3.63, 3.8) is 0 Å². The summed E-state index contributed by atoms with van der Waals surface area (Å²) in [6, 6.07) is 47.9. The Morgan fingerprint density at radius 2 is 0.846 bits per heavy atom. The van der Waals surface area contributed by atoms with Gasteiger partial charge in [0.2, 0.25) is 17.8 Å². The van der Waals surface area contributed by atoms with E-state index in [1.165, 1.54) is 62.6 Å². The van der Waals surface area contributed by atoms with Crippen molar-refractivity contribution in [1.82, 2.24) is 29.9 Å². The predicted molar refractivity (Wildman–Crippen MR) is 313 cm³/mol. The van der Waals surface area contributed by atoms with Crippen molar-refractivity contribution < 1.29 is 13.2 Å². The highest BCUT2D eigenvalue weighted by molar-refractivity contribution is 6.31. The van der Waals surface area contributed by atoms with Crippen LogP contribution in [0.4, 0.5) is 48.5 Å². The van der Waals surface area contributed by atoms with Crippen LogP contribution in [-0.2, 0) is 19.3 Å². The zero-order chi connectivity index (χ0) is 53.7. The van der Waals surface area contributed by atoms with Gasteiger partial charge in [-0.05, 0) is 136 Å². The van der Waals surface area contributed by atoms with Gasteiger partial charge in [-0.2, -0.15) is 28.1 Å². The summed E-state index contributed by atoms with van der Waals surface area (Å²) in [6.07, 6.45) is 6.62. The van der Waals surface area contributed by atoms with Gasteiger partial charge in [-0.15, -0.1) is 0 Å². The van der Waals surface area contributed by atoms with Crippen LogP contribution in [0.15, 0.2) is 152 Å². The molecule has 0 unspecified atom stereocenters. The lowest BCUT2D eigenvalue weighted by atomic mass is 10.1. The molecule has 16 heteroatoms. The quantitative estimate of drug-likeness (QED) is 0.108. The lowest BCUT2D eigenvalue weighted by Gasteiger charge is -2.27. The summed E-state index contributed by atoms with van der Waals surface area (Å²) in [5.41, 5.74) is 5.26. The van der Waals surface area contributed by atoms with E-state index < -0.39 is 11.7 Å². The fraction of sp³-hybridized carbons (Fsp3) is 0.323. The number of benzene rings is 6. The first-order chi connectivity index (χ1) is 38.1. The molecule has 6 aromatic carbocycles. The van der Waals surface area contributed by atoms with Crippen LogP contribution in [0.3, 0.4) is 0 Å². The number of rotatable bonds is 12. The van der Waals surface area contributed by atoms with Gasteiger partial charge in [0.1, 0.15) is 17.5 Å². The second-order valence-corrected chi connectivity index (χ2v) is 20.5. The topological polar surface area (TPSA) is 123 Å². The molecule has 0 bridgehead atoms. The summed E-state index contributed by atoms with van der Waals surface area (Å²) in [4.78, 5) is 35.5. The number of hydrogen-bond acceptors (Lipinski definition) is 12. The van der Waals surface area contributed by atoms with Gasteiger partial charge in [0.15, 0.2) is 0 Å². The first-order valence-electron chi connectivity index (χ1n) is 27.4. The smallest absolute Gasteiger partial charge is 0.365 e. The summed E-state index contributed by atoms with van der Waals surface area (Å²) >= 11 is 6.28. The maximum absolute atomic E-state index is 12.7. The summed E-state index contributed by atoms with van der Waals surface area (Å²) in [5, 5.41) is 14.1. The van der Waals surface area contributed by atoms with Gasteiger partial charge in [0.05, 0.1) is 22.1 Å². The van der Waals surface area contributed by atoms with E-state index in [2.05, 4.69) is 80.0 Å². The third-order valence-corrected chi connectivity index (χ3v) is 14.9. The number of fused-ring (bicyclic) bond motifs is 3. The predicted octanol–water partition coefficient (Wildman–Crippen LogP) is 14.9. The van der Waals surface area contributed by atoms with Crippen molar-refractivity contribution in [1.29, 1.82) is 0 Å². The molecule has 3 aliphatic rings. The van der Waals surface area contributed by atoms with E-state index in [0.29, 0.717) is 24.9 Å². The number of aromatic nitrogens is 6. The van der Waals surface area contributed by atoms with Crippen molar-refractivity contribution >= 4 is 79.6 Å². The van der Waals surface area contributed by atoms with Crippen LogP contribution < -0.4 is 30.7 Å². The normalized spacial score (nSPS) is 15.2. The average Bonchev–Trinajstić information content (AvgIpc) is 3.54. The Balaban J connectivity index is 0.000000133. The second-order valence-electron chi connectivity index (χ2n) is 20.1. The van der Waals surface area contributed by atoms with Crippen LogP contribution >= 0.6 is 11.6 Å². The minimum absolute atomic E-state index is 0.189. The molecule has 3 saturated heterocycles. The van der Waals surface area contributed by atoms with Crippen LogP contribution in [0.1, 0.15) is 93.0 Å². The first kappa shape index (κ1) is 53.6. The molecule has 78 heavy (non-hydrogen) atoms. The maximum atomic E-state index is 12.7. The van der Waals surface area contributed by atoms with E-state index in [1.54, 1.807) is 0 Å². The second kappa shape index (κ2) is 25.6. The van der Waals surface area contributed by atoms with Crippen LogP contribution in [-0.4, -0.2) is 69.2 Å². The number of piperidine rings is 3. The monoisotopic (exact) mass is 1070 g/mol. The number of para-hydroxylation sites is 3. The first-order valence-corrected chi connectivity index (χ1v) is 27.7. The molecule has 3 N–H and O–H groups in total. The van der Waals surface area contributed by atoms with E-state index in [9.17, 15) is 13.2 Å². The SMILES string of the molecule is C[C@@H](Nc1nc(N2CCCCC2)nc2ccccc12)c1ccccc1.Clc1ccccc1CNc1nc(N2CCCCC2)nc2ccccc12.FC(F)(F)c1ccc(CNc2nc(N3CCCCC3)nc3ccccc23)cc1. The van der Waals surface area contributed by atoms with Crippen LogP contribution in [0.5, 0.6) is 0 Å². The van der Waals surface area contributed by atoms with Crippen molar-refractivity contribution in [2.75, 3.05) is 69.9 Å². The molecular weight excluding hydrogens is 1010 g/mol. The summed E-state index contributed by atoms with van der Waals surface area (Å²) < 4.78 is 38.2. The lowest BCUT2D eigenvalue weighted by molar-refractivity contribution is -0.137. The Hall–Kier alpha value is -7.78. The number of hydrogen-bond donors (Lipinski definition) is 3. The lowest BCUT2D eigenvalue weighted by Crippen LogP contribution is -2.31. The maximum Gasteiger partial charge on any atom is 0.416 e. The molecule has 1 atom stereocenters. The van der Waals surface area contributed by atoms with E-state index in [0.717, 1.165) is 137 Å². The molecule has 3 aliphatic heterocycles. The molecule has 0 spiro atoms. The van der Waals surface area contributed by atoms with Crippen LogP contribution in [0, 0.1) is 0 Å². The summed E-state index contributed by atoms with van der Waals surface area (Å²) in [7, 11) is 0. The van der Waals surface area contributed by atoms with Crippen molar-refractivity contribution in [3.05, 3.63) is 179 Å². The van der Waals surface area contributed by atoms with Gasteiger partial charge in [-0.25, -0.2) is 15.0 Å². The molecular formula is C62H66ClF3N12. The van der Waals surface area contributed by atoms with E-state index in [-0.39, 0.29) is 6.04 Å². The Bertz CT molecular complexity index is 3380. The molecule has 12 rings (SSSR count). The fourth-order valence-electron chi connectivity index (χ4n) is 10.1. The highest BCUT2D eigenvalue weighted by Crippen LogP contribution is 2.32. The Morgan fingerprint density at radius 1 is 0.449 bits per heavy atom. The molecule has 3 fully saturated rings. The van der Waals surface area contributed by atoms with Gasteiger partial charge in [-0.1, -0.05) is 109 Å². The third-order valence-electron chi connectivity index (χ3n) is 14.5. The van der Waals surface area contributed by atoms with Crippen LogP contribution in [0.25, 0.3) is 32.7 Å². The molecule has 6 heterocycles. The molecule has 3 aromatic heterocycles. The van der Waals surface area contributed by atoms with Gasteiger partial charge in [0, 0.05) is 79.6 Å². The number of anilines is 6. The number of nitrogens with zero attached hydrogens (tertiary/aromatic N) is 9. The van der Waals surface area contributed by atoms with Gasteiger partial charge in [-0.3, -0.25) is 0 Å². The molecule has 0 saturated carbocycles. The highest BCUT2D eigenvalue weighted by atomic mass is 35.5. The van der Waals surface area contributed by atoms with Gasteiger partial charge in [0.25, 0.3) is 0 Å². The Labute approximate surface area is 459 Å². The van der Waals surface area contributed by atoms with Crippen molar-refractivity contribution in [3.8, 4) is 0 Å². The highest BCUT2D eigenvalue weighted by Gasteiger charge is 2.30. The molecule has 0 amide bonds. The van der Waals surface area contributed by atoms with Gasteiger partial charge >= 0.3 is 6.18 Å². The number of halogens is 4. The summed E-state index contributed by atoms with van der Waals surface area (Å²) in [5.74, 6) is 4.86. The third kappa shape index (κ3) is 13.7. The zero-order valence-electron chi connectivity index (χ0n) is 44.1. The molecule has 0 radical (unpaired) electrons. The average molecular weight is 1070 g/mol. The standard InChI is InChI=1S/C21H21F3N4.C21H24N4.C20H21ClN4/c22-21(23,24)16-10-8-15(9-11-16)14-25-19-17-6-2-3-7-18(17)26-20(27-19)28-12-4-1-5-13-28;1-16(17-10-4-2-5-11-17)22-20-18-12-6-7-13-19(18)23-21(24-20)25-14-8-3-9-15-25;21-17-10-4-2-8-15(17)14-22-19-16-9-3-5-11-18(16)23-20(24-19)25-12-6-1-7-13-25/h2-3,6-11H,1,4-5,12-14H2,(H,25,26,27);2,4-7,10-13,16H,3,8-9,14-15H2,1H3,(H,22,23,24);2-5,8-11H,1,6-7,12-14H2,(H,22,23,24)/t;16-;/m.1./s1. The molecule has 0 aliphatic carbocycles. The fourth-order valence-corrected chi connectivity index (χ4v) is 10.3. The largest absolute Gasteiger partial charge is 0.416 e. The molecule has 402 valence electrons. The van der Waals surface area contributed by atoms with E-state index in [4.69, 9.17) is 41.5 Å². The van der Waals surface area contributed by atoms with Crippen molar-refractivity contribution in [2.45, 2.75) is 90.0 Å². The minimum atomic E-state index is -4.32.